The fraction of sp³-hybridized carbons (Fsp3) is 0.316. The maximum atomic E-state index is 12.7. The molecule has 2 atom stereocenters. The van der Waals surface area contributed by atoms with Crippen molar-refractivity contribution in [3.63, 3.8) is 0 Å². The number of para-hydroxylation sites is 2. The van der Waals surface area contributed by atoms with Crippen molar-refractivity contribution in [3.05, 3.63) is 46.7 Å². The lowest BCUT2D eigenvalue weighted by Crippen LogP contribution is -2.36. The first-order valence-electron chi connectivity index (χ1n) is 8.48. The summed E-state index contributed by atoms with van der Waals surface area (Å²) < 4.78 is 5.30. The van der Waals surface area contributed by atoms with Crippen LogP contribution in [0, 0.1) is 5.92 Å². The minimum absolute atomic E-state index is 0.0775. The van der Waals surface area contributed by atoms with Gasteiger partial charge in [0, 0.05) is 17.8 Å². The van der Waals surface area contributed by atoms with Gasteiger partial charge in [-0.15, -0.1) is 11.3 Å². The first-order chi connectivity index (χ1) is 13.0. The fourth-order valence-corrected chi connectivity index (χ4v) is 3.92. The molecular formula is C19H20N2O5S. The van der Waals surface area contributed by atoms with Crippen LogP contribution in [0.4, 0.5) is 5.69 Å². The van der Waals surface area contributed by atoms with E-state index in [2.05, 4.69) is 5.32 Å². The molecule has 142 valence electrons. The molecule has 7 nitrogen and oxygen atoms in total. The minimum Gasteiger partial charge on any atom is -0.495 e. The fourth-order valence-electron chi connectivity index (χ4n) is 3.15. The molecule has 1 aromatic heterocycles. The van der Waals surface area contributed by atoms with E-state index in [0.717, 1.165) is 4.88 Å². The molecule has 1 saturated heterocycles. The van der Waals surface area contributed by atoms with Gasteiger partial charge in [0.05, 0.1) is 31.2 Å². The van der Waals surface area contributed by atoms with Crippen molar-refractivity contribution in [1.82, 2.24) is 5.32 Å². The van der Waals surface area contributed by atoms with Crippen molar-refractivity contribution in [1.29, 1.82) is 0 Å². The summed E-state index contributed by atoms with van der Waals surface area (Å²) in [5.41, 5.74) is 0.626. The highest BCUT2D eigenvalue weighted by atomic mass is 32.1. The number of carboxylic acid groups (broad SMARTS) is 1. The van der Waals surface area contributed by atoms with Crippen LogP contribution in [-0.2, 0) is 14.4 Å². The van der Waals surface area contributed by atoms with Gasteiger partial charge in [0.1, 0.15) is 5.75 Å². The Kier molecular flexibility index (Phi) is 5.75. The molecule has 2 heterocycles. The summed E-state index contributed by atoms with van der Waals surface area (Å²) in [6.45, 7) is 0.231. The van der Waals surface area contributed by atoms with E-state index < -0.39 is 17.9 Å². The van der Waals surface area contributed by atoms with Crippen LogP contribution in [0.15, 0.2) is 41.8 Å². The van der Waals surface area contributed by atoms with Crippen LogP contribution in [0.5, 0.6) is 5.75 Å². The quantitative estimate of drug-likeness (QED) is 0.760. The lowest BCUT2D eigenvalue weighted by Gasteiger charge is -2.20. The van der Waals surface area contributed by atoms with Gasteiger partial charge < -0.3 is 20.1 Å². The molecule has 0 radical (unpaired) electrons. The summed E-state index contributed by atoms with van der Waals surface area (Å²) in [5.74, 6) is -1.45. The number of nitrogens with zero attached hydrogens (tertiary/aromatic N) is 1. The SMILES string of the molecule is COc1ccccc1N1C[C@@H](C(=O)N[C@@H](CC(=O)O)c2cccs2)CC1=O. The van der Waals surface area contributed by atoms with E-state index in [9.17, 15) is 14.4 Å². The average molecular weight is 388 g/mol. The molecule has 2 aromatic rings. The molecule has 0 unspecified atom stereocenters. The summed E-state index contributed by atoms with van der Waals surface area (Å²) in [4.78, 5) is 38.6. The van der Waals surface area contributed by atoms with E-state index in [-0.39, 0.29) is 31.2 Å². The molecule has 0 bridgehead atoms. The highest BCUT2D eigenvalue weighted by Crippen LogP contribution is 2.33. The summed E-state index contributed by atoms with van der Waals surface area (Å²) in [5, 5.41) is 13.8. The Morgan fingerprint density at radius 1 is 1.33 bits per heavy atom. The van der Waals surface area contributed by atoms with E-state index in [1.165, 1.54) is 18.4 Å². The molecule has 1 fully saturated rings. The standard InChI is InChI=1S/C19H20N2O5S/c1-26-15-6-3-2-5-14(15)21-11-12(9-17(21)22)19(25)20-13(10-18(23)24)16-7-4-8-27-16/h2-8,12-13H,9-11H2,1H3,(H,20,25)(H,23,24)/t12-,13-/m0/s1. The number of rotatable bonds is 7. The number of amides is 2. The third-order valence-corrected chi connectivity index (χ3v) is 5.44. The Bertz CT molecular complexity index is 836. The number of carboxylic acids is 1. The van der Waals surface area contributed by atoms with Crippen molar-refractivity contribution >= 4 is 34.8 Å². The Hall–Kier alpha value is -2.87. The highest BCUT2D eigenvalue weighted by molar-refractivity contribution is 7.10. The average Bonchev–Trinajstić information content (AvgIpc) is 3.30. The number of nitrogens with one attached hydrogen (secondary N) is 1. The first-order valence-corrected chi connectivity index (χ1v) is 9.36. The van der Waals surface area contributed by atoms with Gasteiger partial charge in [-0.1, -0.05) is 18.2 Å². The molecule has 1 aliphatic rings. The molecule has 1 aliphatic heterocycles. The molecule has 2 N–H and O–H groups in total. The van der Waals surface area contributed by atoms with Gasteiger partial charge in [-0.3, -0.25) is 14.4 Å². The Balaban J connectivity index is 1.72. The summed E-state index contributed by atoms with van der Waals surface area (Å²) in [7, 11) is 1.53. The van der Waals surface area contributed by atoms with Gasteiger partial charge in [0.2, 0.25) is 11.8 Å². The predicted molar refractivity (Wildman–Crippen MR) is 101 cm³/mol. The van der Waals surface area contributed by atoms with E-state index in [4.69, 9.17) is 9.84 Å². The van der Waals surface area contributed by atoms with Gasteiger partial charge in [0.25, 0.3) is 0 Å². The Labute approximate surface area is 160 Å². The van der Waals surface area contributed by atoms with Gasteiger partial charge in [-0.05, 0) is 23.6 Å². The van der Waals surface area contributed by atoms with Crippen molar-refractivity contribution < 1.29 is 24.2 Å². The number of carbonyl (C=O) groups excluding carboxylic acids is 2. The monoisotopic (exact) mass is 388 g/mol. The van der Waals surface area contributed by atoms with Crippen molar-refractivity contribution in [2.75, 3.05) is 18.6 Å². The summed E-state index contributed by atoms with van der Waals surface area (Å²) in [6, 6.07) is 10.1. The molecule has 0 saturated carbocycles. The van der Waals surface area contributed by atoms with Crippen LogP contribution in [0.2, 0.25) is 0 Å². The van der Waals surface area contributed by atoms with Crippen LogP contribution in [0.1, 0.15) is 23.8 Å². The van der Waals surface area contributed by atoms with Gasteiger partial charge in [0.15, 0.2) is 0 Å². The van der Waals surface area contributed by atoms with Crippen LogP contribution in [-0.4, -0.2) is 36.5 Å². The number of anilines is 1. The van der Waals surface area contributed by atoms with Crippen LogP contribution in [0.3, 0.4) is 0 Å². The topological polar surface area (TPSA) is 95.9 Å². The van der Waals surface area contributed by atoms with Crippen LogP contribution < -0.4 is 15.0 Å². The molecule has 3 rings (SSSR count). The molecule has 0 aliphatic carbocycles. The smallest absolute Gasteiger partial charge is 0.305 e. The third kappa shape index (κ3) is 4.28. The maximum absolute atomic E-state index is 12.7. The third-order valence-electron chi connectivity index (χ3n) is 4.45. The van der Waals surface area contributed by atoms with E-state index in [1.807, 2.05) is 17.5 Å². The maximum Gasteiger partial charge on any atom is 0.305 e. The Morgan fingerprint density at radius 3 is 2.78 bits per heavy atom. The van der Waals surface area contributed by atoms with Gasteiger partial charge in [-0.25, -0.2) is 0 Å². The number of thiophene rings is 1. The predicted octanol–water partition coefficient (Wildman–Crippen LogP) is 2.44. The zero-order valence-corrected chi connectivity index (χ0v) is 15.6. The van der Waals surface area contributed by atoms with Crippen molar-refractivity contribution in [3.8, 4) is 5.75 Å². The first kappa shape index (κ1) is 18.9. The zero-order valence-electron chi connectivity index (χ0n) is 14.8. The van der Waals surface area contributed by atoms with E-state index in [0.29, 0.717) is 11.4 Å². The largest absolute Gasteiger partial charge is 0.495 e. The number of ether oxygens (including phenoxy) is 1. The summed E-state index contributed by atoms with van der Waals surface area (Å²) >= 11 is 1.39. The van der Waals surface area contributed by atoms with E-state index >= 15 is 0 Å². The number of carbonyl (C=O) groups is 3. The highest BCUT2D eigenvalue weighted by Gasteiger charge is 2.37. The lowest BCUT2D eigenvalue weighted by atomic mass is 10.1. The number of benzene rings is 1. The lowest BCUT2D eigenvalue weighted by molar-refractivity contribution is -0.138. The van der Waals surface area contributed by atoms with Crippen molar-refractivity contribution in [2.45, 2.75) is 18.9 Å². The van der Waals surface area contributed by atoms with Crippen LogP contribution in [0.25, 0.3) is 0 Å². The zero-order chi connectivity index (χ0) is 19.4. The normalized spacial score (nSPS) is 17.6. The van der Waals surface area contributed by atoms with Crippen LogP contribution >= 0.6 is 11.3 Å². The molecule has 2 amide bonds. The Morgan fingerprint density at radius 2 is 2.11 bits per heavy atom. The van der Waals surface area contributed by atoms with Gasteiger partial charge in [-0.2, -0.15) is 0 Å². The van der Waals surface area contributed by atoms with Crippen molar-refractivity contribution in [2.24, 2.45) is 5.92 Å². The number of aliphatic carboxylic acids is 1. The molecule has 0 spiro atoms. The second-order valence-electron chi connectivity index (χ2n) is 6.25. The molecular weight excluding hydrogens is 368 g/mol. The number of hydrogen-bond donors (Lipinski definition) is 2. The summed E-state index contributed by atoms with van der Waals surface area (Å²) in [6.07, 6.45) is -0.128. The second kappa shape index (κ2) is 8.22. The van der Waals surface area contributed by atoms with Gasteiger partial charge >= 0.3 is 5.97 Å². The number of methoxy groups -OCH3 is 1. The number of hydrogen-bond acceptors (Lipinski definition) is 5. The molecule has 8 heteroatoms. The minimum atomic E-state index is -0.994. The second-order valence-corrected chi connectivity index (χ2v) is 7.23. The van der Waals surface area contributed by atoms with E-state index in [1.54, 1.807) is 29.2 Å². The molecule has 1 aromatic carbocycles. The molecule has 27 heavy (non-hydrogen) atoms.